The van der Waals surface area contributed by atoms with Crippen LogP contribution in [0.25, 0.3) is 0 Å². The van der Waals surface area contributed by atoms with Crippen LogP contribution in [0, 0.1) is 18.3 Å². The van der Waals surface area contributed by atoms with Crippen LogP contribution in [0.15, 0.2) is 0 Å². The lowest BCUT2D eigenvalue weighted by atomic mass is 10.2. The summed E-state index contributed by atoms with van der Waals surface area (Å²) in [6.45, 7) is 2.37. The third kappa shape index (κ3) is 2.80. The molecule has 6 heteroatoms. The van der Waals surface area contributed by atoms with E-state index >= 15 is 0 Å². The number of aromatic nitrogens is 2. The average Bonchev–Trinajstić information content (AvgIpc) is 2.41. The number of anilines is 1. The Morgan fingerprint density at radius 2 is 2.33 bits per heavy atom. The second-order valence-electron chi connectivity index (χ2n) is 3.25. The topological polar surface area (TPSA) is 70.7 Å². The predicted molar refractivity (Wildman–Crippen MR) is 60.1 cm³/mol. The molecule has 0 bridgehead atoms. The van der Waals surface area contributed by atoms with Crippen molar-refractivity contribution in [3.8, 4) is 6.07 Å². The Balaban J connectivity index is 2.76. The zero-order chi connectivity index (χ0) is 11.4. The van der Waals surface area contributed by atoms with Crippen molar-refractivity contribution in [3.05, 3.63) is 11.3 Å². The lowest BCUT2D eigenvalue weighted by molar-refractivity contribution is 0.686. The van der Waals surface area contributed by atoms with Crippen LogP contribution in [0.5, 0.6) is 0 Å². The normalized spacial score (nSPS) is 12.1. The SMILES string of the molecule is Cc1nn(C)c(NCCS(C)=O)c1C#N. The van der Waals surface area contributed by atoms with Gasteiger partial charge in [-0.15, -0.1) is 0 Å². The van der Waals surface area contributed by atoms with E-state index in [1.807, 2.05) is 0 Å². The van der Waals surface area contributed by atoms with Gasteiger partial charge in [0, 0.05) is 36.4 Å². The number of aryl methyl sites for hydroxylation is 2. The summed E-state index contributed by atoms with van der Waals surface area (Å²) >= 11 is 0. The van der Waals surface area contributed by atoms with Crippen molar-refractivity contribution >= 4 is 16.6 Å². The van der Waals surface area contributed by atoms with Gasteiger partial charge in [0.15, 0.2) is 0 Å². The fourth-order valence-electron chi connectivity index (χ4n) is 1.31. The molecule has 0 saturated carbocycles. The maximum Gasteiger partial charge on any atom is 0.142 e. The van der Waals surface area contributed by atoms with Crippen LogP contribution in [0.4, 0.5) is 5.82 Å². The molecule has 15 heavy (non-hydrogen) atoms. The van der Waals surface area contributed by atoms with Crippen molar-refractivity contribution in [1.82, 2.24) is 9.78 Å². The molecule has 82 valence electrons. The standard InChI is InChI=1S/C9H14N4OS/c1-7-8(6-10)9(13(2)12-7)11-4-5-15(3)14/h11H,4-5H2,1-3H3. The highest BCUT2D eigenvalue weighted by Crippen LogP contribution is 2.16. The summed E-state index contributed by atoms with van der Waals surface area (Å²) in [6.07, 6.45) is 1.65. The van der Waals surface area contributed by atoms with Gasteiger partial charge in [-0.1, -0.05) is 0 Å². The Morgan fingerprint density at radius 3 is 2.87 bits per heavy atom. The second kappa shape index (κ2) is 4.94. The first-order valence-corrected chi connectivity index (χ1v) is 6.26. The summed E-state index contributed by atoms with van der Waals surface area (Å²) in [5.74, 6) is 1.26. The van der Waals surface area contributed by atoms with Gasteiger partial charge < -0.3 is 5.32 Å². The molecule has 0 aliphatic heterocycles. The van der Waals surface area contributed by atoms with E-state index in [0.29, 0.717) is 29.4 Å². The Bertz CT molecular complexity index is 418. The molecule has 1 atom stereocenters. The molecular formula is C9H14N4OS. The smallest absolute Gasteiger partial charge is 0.142 e. The third-order valence-corrected chi connectivity index (χ3v) is 2.80. The predicted octanol–water partition coefficient (Wildman–Crippen LogP) is 0.391. The molecule has 5 nitrogen and oxygen atoms in total. The van der Waals surface area contributed by atoms with E-state index in [0.717, 1.165) is 0 Å². The van der Waals surface area contributed by atoms with Gasteiger partial charge in [0.25, 0.3) is 0 Å². The molecule has 1 aromatic heterocycles. The molecule has 1 rings (SSSR count). The summed E-state index contributed by atoms with van der Waals surface area (Å²) in [5, 5.41) is 16.1. The number of hydrogen-bond donors (Lipinski definition) is 1. The molecule has 1 unspecified atom stereocenters. The van der Waals surface area contributed by atoms with E-state index in [2.05, 4.69) is 16.5 Å². The average molecular weight is 226 g/mol. The van der Waals surface area contributed by atoms with E-state index < -0.39 is 10.8 Å². The molecule has 1 heterocycles. The monoisotopic (exact) mass is 226 g/mol. The molecule has 0 spiro atoms. The van der Waals surface area contributed by atoms with E-state index in [4.69, 9.17) is 5.26 Å². The first kappa shape index (κ1) is 11.7. The van der Waals surface area contributed by atoms with Gasteiger partial charge in [-0.3, -0.25) is 8.89 Å². The largest absolute Gasteiger partial charge is 0.368 e. The lowest BCUT2D eigenvalue weighted by Crippen LogP contribution is -2.13. The summed E-state index contributed by atoms with van der Waals surface area (Å²) in [7, 11) is 0.954. The molecule has 0 aromatic carbocycles. The highest BCUT2D eigenvalue weighted by Gasteiger charge is 2.11. The highest BCUT2D eigenvalue weighted by molar-refractivity contribution is 7.84. The van der Waals surface area contributed by atoms with Gasteiger partial charge in [0.2, 0.25) is 0 Å². The minimum absolute atomic E-state index is 0.555. The molecule has 0 fully saturated rings. The lowest BCUT2D eigenvalue weighted by Gasteiger charge is -2.05. The van der Waals surface area contributed by atoms with Gasteiger partial charge in [0.05, 0.1) is 5.69 Å². The number of hydrogen-bond acceptors (Lipinski definition) is 4. The first-order valence-electron chi connectivity index (χ1n) is 4.54. The molecule has 1 aromatic rings. The minimum Gasteiger partial charge on any atom is -0.368 e. The van der Waals surface area contributed by atoms with Crippen LogP contribution < -0.4 is 5.32 Å². The second-order valence-corrected chi connectivity index (χ2v) is 4.80. The van der Waals surface area contributed by atoms with E-state index in [1.54, 1.807) is 24.9 Å². The van der Waals surface area contributed by atoms with Crippen molar-refractivity contribution in [2.75, 3.05) is 23.9 Å². The Hall–Kier alpha value is -1.35. The van der Waals surface area contributed by atoms with E-state index in [1.165, 1.54) is 0 Å². The number of nitriles is 1. The van der Waals surface area contributed by atoms with Gasteiger partial charge in [0.1, 0.15) is 17.5 Å². The maximum absolute atomic E-state index is 10.9. The molecule has 1 N–H and O–H groups in total. The fraction of sp³-hybridized carbons (Fsp3) is 0.556. The summed E-state index contributed by atoms with van der Waals surface area (Å²) in [4.78, 5) is 0. The number of rotatable bonds is 4. The Kier molecular flexibility index (Phi) is 3.86. The van der Waals surface area contributed by atoms with Gasteiger partial charge in [-0.05, 0) is 6.92 Å². The molecular weight excluding hydrogens is 212 g/mol. The number of nitrogens with zero attached hydrogens (tertiary/aromatic N) is 3. The minimum atomic E-state index is -0.823. The zero-order valence-corrected chi connectivity index (χ0v) is 9.89. The van der Waals surface area contributed by atoms with E-state index in [9.17, 15) is 4.21 Å². The van der Waals surface area contributed by atoms with Crippen LogP contribution in [-0.2, 0) is 17.8 Å². The number of nitrogens with one attached hydrogen (secondary N) is 1. The third-order valence-electron chi connectivity index (χ3n) is 2.02. The van der Waals surface area contributed by atoms with Gasteiger partial charge in [-0.25, -0.2) is 0 Å². The van der Waals surface area contributed by atoms with Gasteiger partial charge >= 0.3 is 0 Å². The Morgan fingerprint density at radius 1 is 1.67 bits per heavy atom. The Labute approximate surface area is 91.5 Å². The van der Waals surface area contributed by atoms with Crippen molar-refractivity contribution < 1.29 is 4.21 Å². The zero-order valence-electron chi connectivity index (χ0n) is 9.07. The van der Waals surface area contributed by atoms with Crippen LogP contribution >= 0.6 is 0 Å². The van der Waals surface area contributed by atoms with Crippen molar-refractivity contribution in [3.63, 3.8) is 0 Å². The fourth-order valence-corrected chi connectivity index (χ4v) is 1.70. The van der Waals surface area contributed by atoms with Crippen LogP contribution in [0.3, 0.4) is 0 Å². The quantitative estimate of drug-likeness (QED) is 0.806. The van der Waals surface area contributed by atoms with E-state index in [-0.39, 0.29) is 0 Å². The molecule has 0 saturated heterocycles. The van der Waals surface area contributed by atoms with Gasteiger partial charge in [-0.2, -0.15) is 10.4 Å². The molecule has 0 aliphatic rings. The molecule has 0 radical (unpaired) electrons. The first-order chi connectivity index (χ1) is 7.06. The van der Waals surface area contributed by atoms with Crippen LogP contribution in [0.2, 0.25) is 0 Å². The van der Waals surface area contributed by atoms with Crippen molar-refractivity contribution in [2.24, 2.45) is 7.05 Å². The van der Waals surface area contributed by atoms with Crippen LogP contribution in [-0.4, -0.2) is 32.5 Å². The maximum atomic E-state index is 10.9. The summed E-state index contributed by atoms with van der Waals surface area (Å²) in [6, 6.07) is 2.10. The van der Waals surface area contributed by atoms with Crippen LogP contribution in [0.1, 0.15) is 11.3 Å². The summed E-state index contributed by atoms with van der Waals surface area (Å²) in [5.41, 5.74) is 1.26. The van der Waals surface area contributed by atoms with Crippen molar-refractivity contribution in [1.29, 1.82) is 5.26 Å². The molecule has 0 amide bonds. The van der Waals surface area contributed by atoms with Crippen molar-refractivity contribution in [2.45, 2.75) is 6.92 Å². The highest BCUT2D eigenvalue weighted by atomic mass is 32.2. The molecule has 0 aliphatic carbocycles. The summed E-state index contributed by atoms with van der Waals surface area (Å²) < 4.78 is 12.5.